The minimum absolute atomic E-state index is 0.0613. The smallest absolute Gasteiger partial charge is 0.250 e. The van der Waals surface area contributed by atoms with Crippen LogP contribution in [0.25, 0.3) is 0 Å². The van der Waals surface area contributed by atoms with Gasteiger partial charge >= 0.3 is 0 Å². The lowest BCUT2D eigenvalue weighted by Crippen LogP contribution is -2.46. The molecule has 19 heavy (non-hydrogen) atoms. The fourth-order valence-electron chi connectivity index (χ4n) is 2.21. The van der Waals surface area contributed by atoms with E-state index in [2.05, 4.69) is 21.2 Å². The molecule has 1 fully saturated rings. The van der Waals surface area contributed by atoms with E-state index in [9.17, 15) is 9.59 Å². The zero-order valence-corrected chi connectivity index (χ0v) is 12.6. The summed E-state index contributed by atoms with van der Waals surface area (Å²) in [6.45, 7) is 5.52. The monoisotopic (exact) mass is 327 g/mol. The predicted octanol–water partition coefficient (Wildman–Crippen LogP) is 0.741. The van der Waals surface area contributed by atoms with Gasteiger partial charge in [-0.15, -0.1) is 0 Å². The number of hydrogen-bond acceptors (Lipinski definition) is 3. The Morgan fingerprint density at radius 3 is 2.74 bits per heavy atom. The third-order valence-electron chi connectivity index (χ3n) is 3.41. The lowest BCUT2D eigenvalue weighted by Gasteiger charge is -2.27. The van der Waals surface area contributed by atoms with E-state index in [0.29, 0.717) is 13.0 Å². The molecule has 6 heteroatoms. The largest absolute Gasteiger partial charge is 0.340 e. The highest BCUT2D eigenvalue weighted by Gasteiger charge is 2.16. The van der Waals surface area contributed by atoms with Gasteiger partial charge in [-0.05, 0) is 28.9 Å². The molecule has 0 aliphatic carbocycles. The van der Waals surface area contributed by atoms with Gasteiger partial charge in [-0.25, -0.2) is 0 Å². The van der Waals surface area contributed by atoms with Gasteiger partial charge in [-0.3, -0.25) is 9.59 Å². The number of amides is 1. The summed E-state index contributed by atoms with van der Waals surface area (Å²) >= 11 is 3.40. The standard InChI is InChI=1S/C13H18BrN3O2/c1-10-11(14)2-3-13(19)17(10)7-4-12(18)16-8-5-15-6-9-16/h2-3,15H,4-9H2,1H3. The number of halogens is 1. The van der Waals surface area contributed by atoms with Gasteiger partial charge in [0.05, 0.1) is 0 Å². The predicted molar refractivity (Wildman–Crippen MR) is 77.2 cm³/mol. The van der Waals surface area contributed by atoms with E-state index in [4.69, 9.17) is 0 Å². The molecule has 1 amide bonds. The van der Waals surface area contributed by atoms with Crippen molar-refractivity contribution in [1.29, 1.82) is 0 Å². The van der Waals surface area contributed by atoms with Crippen LogP contribution >= 0.6 is 15.9 Å². The Morgan fingerprint density at radius 2 is 2.05 bits per heavy atom. The summed E-state index contributed by atoms with van der Waals surface area (Å²) in [5, 5.41) is 3.21. The molecule has 0 unspecified atom stereocenters. The second-order valence-electron chi connectivity index (χ2n) is 4.64. The number of carbonyl (C=O) groups excluding carboxylic acids is 1. The fraction of sp³-hybridized carbons (Fsp3) is 0.538. The minimum atomic E-state index is -0.0613. The Balaban J connectivity index is 2.00. The van der Waals surface area contributed by atoms with Crippen molar-refractivity contribution in [3.8, 4) is 0 Å². The highest BCUT2D eigenvalue weighted by atomic mass is 79.9. The maximum atomic E-state index is 12.1. The third-order valence-corrected chi connectivity index (χ3v) is 4.25. The molecule has 0 bridgehead atoms. The molecular weight excluding hydrogens is 310 g/mol. The number of pyridine rings is 1. The molecule has 0 saturated carbocycles. The Labute approximate surface area is 120 Å². The van der Waals surface area contributed by atoms with Crippen LogP contribution in [0.3, 0.4) is 0 Å². The summed E-state index contributed by atoms with van der Waals surface area (Å²) in [6, 6.07) is 3.26. The zero-order valence-electron chi connectivity index (χ0n) is 11.0. The topological polar surface area (TPSA) is 54.3 Å². The Morgan fingerprint density at radius 1 is 1.37 bits per heavy atom. The van der Waals surface area contributed by atoms with Crippen LogP contribution in [0.1, 0.15) is 12.1 Å². The highest BCUT2D eigenvalue weighted by molar-refractivity contribution is 9.10. The molecule has 1 aromatic heterocycles. The second kappa shape index (κ2) is 6.34. The molecule has 2 rings (SSSR count). The van der Waals surface area contributed by atoms with Crippen LogP contribution in [0.15, 0.2) is 21.4 Å². The van der Waals surface area contributed by atoms with Gasteiger partial charge in [-0.2, -0.15) is 0 Å². The number of hydrogen-bond donors (Lipinski definition) is 1. The number of piperazine rings is 1. The first-order chi connectivity index (χ1) is 9.09. The van der Waals surface area contributed by atoms with E-state index in [-0.39, 0.29) is 11.5 Å². The lowest BCUT2D eigenvalue weighted by molar-refractivity contribution is -0.132. The second-order valence-corrected chi connectivity index (χ2v) is 5.49. The van der Waals surface area contributed by atoms with Crippen molar-refractivity contribution in [3.63, 3.8) is 0 Å². The number of rotatable bonds is 3. The first-order valence-electron chi connectivity index (χ1n) is 6.44. The molecule has 1 aliphatic rings. The molecule has 104 valence electrons. The van der Waals surface area contributed by atoms with E-state index >= 15 is 0 Å². The van der Waals surface area contributed by atoms with Crippen LogP contribution in [0.5, 0.6) is 0 Å². The van der Waals surface area contributed by atoms with Crippen molar-refractivity contribution < 1.29 is 4.79 Å². The summed E-state index contributed by atoms with van der Waals surface area (Å²) in [6.07, 6.45) is 0.372. The maximum absolute atomic E-state index is 12.1. The first-order valence-corrected chi connectivity index (χ1v) is 7.23. The van der Waals surface area contributed by atoms with Gasteiger partial charge in [0.2, 0.25) is 5.91 Å². The summed E-state index contributed by atoms with van der Waals surface area (Å²) in [4.78, 5) is 25.7. The Bertz CT molecular complexity index is 521. The van der Waals surface area contributed by atoms with E-state index < -0.39 is 0 Å². The van der Waals surface area contributed by atoms with E-state index in [1.54, 1.807) is 10.6 Å². The fourth-order valence-corrected chi connectivity index (χ4v) is 2.55. The third kappa shape index (κ3) is 3.45. The molecule has 2 heterocycles. The maximum Gasteiger partial charge on any atom is 0.250 e. The zero-order chi connectivity index (χ0) is 13.8. The molecule has 1 aromatic rings. The van der Waals surface area contributed by atoms with Crippen molar-refractivity contribution in [3.05, 3.63) is 32.7 Å². The molecule has 5 nitrogen and oxygen atoms in total. The van der Waals surface area contributed by atoms with Crippen molar-refractivity contribution in [1.82, 2.24) is 14.8 Å². The Kier molecular flexibility index (Phi) is 4.76. The SMILES string of the molecule is Cc1c(Br)ccc(=O)n1CCC(=O)N1CCNCC1. The van der Waals surface area contributed by atoms with Crippen LogP contribution in [0.4, 0.5) is 0 Å². The van der Waals surface area contributed by atoms with Crippen LogP contribution in [-0.2, 0) is 11.3 Å². The van der Waals surface area contributed by atoms with Gasteiger partial charge in [0.25, 0.3) is 5.56 Å². The molecule has 1 N–H and O–H groups in total. The number of nitrogens with one attached hydrogen (secondary N) is 1. The average molecular weight is 328 g/mol. The van der Waals surface area contributed by atoms with Crippen LogP contribution in [0.2, 0.25) is 0 Å². The van der Waals surface area contributed by atoms with Gasteiger partial charge in [0, 0.05) is 55.4 Å². The molecule has 1 aliphatic heterocycles. The van der Waals surface area contributed by atoms with Crippen molar-refractivity contribution in [2.45, 2.75) is 19.9 Å². The molecular formula is C13H18BrN3O2. The summed E-state index contributed by atoms with van der Waals surface area (Å²) in [5.41, 5.74) is 0.800. The van der Waals surface area contributed by atoms with Crippen molar-refractivity contribution >= 4 is 21.8 Å². The van der Waals surface area contributed by atoms with Gasteiger partial charge in [0.1, 0.15) is 0 Å². The lowest BCUT2D eigenvalue weighted by atomic mass is 10.3. The summed E-state index contributed by atoms with van der Waals surface area (Å²) in [5.74, 6) is 0.118. The minimum Gasteiger partial charge on any atom is -0.340 e. The van der Waals surface area contributed by atoms with Crippen LogP contribution < -0.4 is 10.9 Å². The quantitative estimate of drug-likeness (QED) is 0.891. The molecule has 0 radical (unpaired) electrons. The highest BCUT2D eigenvalue weighted by Crippen LogP contribution is 2.13. The molecule has 0 spiro atoms. The molecule has 0 aromatic carbocycles. The van der Waals surface area contributed by atoms with Crippen LogP contribution in [0, 0.1) is 6.92 Å². The van der Waals surface area contributed by atoms with Crippen molar-refractivity contribution in [2.24, 2.45) is 0 Å². The summed E-state index contributed by atoms with van der Waals surface area (Å²) < 4.78 is 2.53. The van der Waals surface area contributed by atoms with Gasteiger partial charge in [0.15, 0.2) is 0 Å². The van der Waals surface area contributed by atoms with E-state index in [1.165, 1.54) is 6.07 Å². The molecule has 1 saturated heterocycles. The summed E-state index contributed by atoms with van der Waals surface area (Å²) in [7, 11) is 0. The normalized spacial score (nSPS) is 15.6. The van der Waals surface area contributed by atoms with E-state index in [1.807, 2.05) is 11.8 Å². The van der Waals surface area contributed by atoms with Crippen LogP contribution in [-0.4, -0.2) is 41.6 Å². The first kappa shape index (κ1) is 14.3. The van der Waals surface area contributed by atoms with E-state index in [0.717, 1.165) is 36.3 Å². The number of nitrogens with zero attached hydrogens (tertiary/aromatic N) is 2. The number of carbonyl (C=O) groups is 1. The van der Waals surface area contributed by atoms with Gasteiger partial charge < -0.3 is 14.8 Å². The number of aromatic nitrogens is 1. The van der Waals surface area contributed by atoms with Crippen molar-refractivity contribution in [2.75, 3.05) is 26.2 Å². The Hall–Kier alpha value is -1.14. The van der Waals surface area contributed by atoms with Gasteiger partial charge in [-0.1, -0.05) is 0 Å². The molecule has 0 atom stereocenters. The average Bonchev–Trinajstić information content (AvgIpc) is 2.44.